The maximum atomic E-state index is 12.0. The van der Waals surface area contributed by atoms with Crippen LogP contribution >= 0.6 is 0 Å². The molecule has 0 bridgehead atoms. The summed E-state index contributed by atoms with van der Waals surface area (Å²) in [7, 11) is 0. The van der Waals surface area contributed by atoms with Crippen LogP contribution in [0.2, 0.25) is 0 Å². The van der Waals surface area contributed by atoms with Crippen LogP contribution in [0.1, 0.15) is 91.4 Å². The Morgan fingerprint density at radius 1 is 0.714 bits per heavy atom. The second kappa shape index (κ2) is 14.9. The van der Waals surface area contributed by atoms with E-state index in [0.717, 1.165) is 12.8 Å². The van der Waals surface area contributed by atoms with E-state index in [4.69, 9.17) is 14.2 Å². The third-order valence-corrected chi connectivity index (χ3v) is 4.30. The first-order chi connectivity index (χ1) is 13.6. The quantitative estimate of drug-likeness (QED) is 0.201. The second-order valence-electron chi connectivity index (χ2n) is 7.00. The van der Waals surface area contributed by atoms with Gasteiger partial charge in [0.15, 0.2) is 11.5 Å². The molecule has 5 heteroatoms. The number of ether oxygens (including phenoxy) is 3. The molecule has 1 aromatic rings. The van der Waals surface area contributed by atoms with Gasteiger partial charge in [-0.2, -0.15) is 0 Å². The minimum Gasteiger partial charge on any atom is -0.490 e. The van der Waals surface area contributed by atoms with Gasteiger partial charge in [0.2, 0.25) is 5.75 Å². The molecule has 0 heterocycles. The van der Waals surface area contributed by atoms with Crippen molar-refractivity contribution >= 4 is 11.9 Å². The van der Waals surface area contributed by atoms with E-state index >= 15 is 0 Å². The van der Waals surface area contributed by atoms with Crippen molar-refractivity contribution in [1.82, 2.24) is 0 Å². The van der Waals surface area contributed by atoms with E-state index in [1.807, 2.05) is 13.8 Å². The number of carbonyl (C=O) groups excluding carboxylic acids is 2. The van der Waals surface area contributed by atoms with Gasteiger partial charge in [0.1, 0.15) is 0 Å². The van der Waals surface area contributed by atoms with Crippen molar-refractivity contribution in [2.45, 2.75) is 91.4 Å². The molecule has 0 aliphatic heterocycles. The summed E-state index contributed by atoms with van der Waals surface area (Å²) in [5.74, 6) is 0.173. The third-order valence-electron chi connectivity index (χ3n) is 4.30. The molecular formula is C23H36O5. The molecule has 0 spiro atoms. The highest BCUT2D eigenvalue weighted by Gasteiger charge is 2.18. The van der Waals surface area contributed by atoms with Gasteiger partial charge < -0.3 is 14.2 Å². The number of carbonyl (C=O) groups is 2. The first-order valence-electron chi connectivity index (χ1n) is 10.8. The van der Waals surface area contributed by atoms with Crippen LogP contribution in [0.3, 0.4) is 0 Å². The Morgan fingerprint density at radius 2 is 1.29 bits per heavy atom. The highest BCUT2D eigenvalue weighted by atomic mass is 16.6. The van der Waals surface area contributed by atoms with Gasteiger partial charge in [0, 0.05) is 12.8 Å². The molecule has 0 atom stereocenters. The van der Waals surface area contributed by atoms with Crippen molar-refractivity contribution in [2.24, 2.45) is 0 Å². The van der Waals surface area contributed by atoms with Crippen LogP contribution in [-0.2, 0) is 9.59 Å². The number of unbranched alkanes of at least 4 members (excludes halogenated alkanes) is 6. The van der Waals surface area contributed by atoms with Crippen molar-refractivity contribution in [3.05, 3.63) is 18.2 Å². The number of hydrogen-bond donors (Lipinski definition) is 0. The molecule has 0 saturated carbocycles. The summed E-state index contributed by atoms with van der Waals surface area (Å²) in [6.07, 6.45) is 10.3. The molecule has 0 unspecified atom stereocenters. The zero-order valence-corrected chi connectivity index (χ0v) is 17.8. The summed E-state index contributed by atoms with van der Waals surface area (Å²) >= 11 is 0. The lowest BCUT2D eigenvalue weighted by Gasteiger charge is -2.15. The van der Waals surface area contributed by atoms with Gasteiger partial charge in [0.05, 0.1) is 6.61 Å². The normalized spacial score (nSPS) is 10.5. The number of esters is 2. The summed E-state index contributed by atoms with van der Waals surface area (Å²) in [5.41, 5.74) is 0. The molecule has 0 fully saturated rings. The van der Waals surface area contributed by atoms with Gasteiger partial charge in [0.25, 0.3) is 0 Å². The van der Waals surface area contributed by atoms with E-state index < -0.39 is 0 Å². The molecule has 1 rings (SSSR count). The minimum atomic E-state index is -0.359. The van der Waals surface area contributed by atoms with Crippen LogP contribution in [0.4, 0.5) is 0 Å². The highest BCUT2D eigenvalue weighted by molar-refractivity contribution is 5.77. The summed E-state index contributed by atoms with van der Waals surface area (Å²) in [6, 6.07) is 5.11. The summed E-state index contributed by atoms with van der Waals surface area (Å²) < 4.78 is 16.7. The Morgan fingerprint density at radius 3 is 1.93 bits per heavy atom. The molecule has 0 radical (unpaired) electrons. The second-order valence-corrected chi connectivity index (χ2v) is 7.00. The standard InChI is InChI=1S/C23H36O5/c1-4-7-8-9-10-11-12-18-26-19-16-13-17-20(27-21(24)14-5-2)23(19)28-22(25)15-6-3/h13,16-17H,4-12,14-15,18H2,1-3H3. The molecule has 0 aromatic heterocycles. The lowest BCUT2D eigenvalue weighted by molar-refractivity contribution is -0.137. The van der Waals surface area contributed by atoms with Gasteiger partial charge in [-0.25, -0.2) is 0 Å². The topological polar surface area (TPSA) is 61.8 Å². The van der Waals surface area contributed by atoms with Crippen molar-refractivity contribution in [1.29, 1.82) is 0 Å². The van der Waals surface area contributed by atoms with E-state index in [-0.39, 0.29) is 23.4 Å². The van der Waals surface area contributed by atoms with E-state index in [9.17, 15) is 9.59 Å². The predicted molar refractivity (Wildman–Crippen MR) is 111 cm³/mol. The molecule has 0 saturated heterocycles. The van der Waals surface area contributed by atoms with E-state index in [1.165, 1.54) is 32.1 Å². The lowest BCUT2D eigenvalue weighted by atomic mass is 10.1. The fourth-order valence-electron chi connectivity index (χ4n) is 2.78. The zero-order valence-electron chi connectivity index (χ0n) is 17.8. The Labute approximate surface area is 169 Å². The number of hydrogen-bond acceptors (Lipinski definition) is 5. The first-order valence-corrected chi connectivity index (χ1v) is 10.8. The van der Waals surface area contributed by atoms with Gasteiger partial charge in [-0.1, -0.05) is 65.4 Å². The SMILES string of the molecule is CCCCCCCCCOc1cccc(OC(=O)CCC)c1OC(=O)CCC. The van der Waals surface area contributed by atoms with Gasteiger partial charge >= 0.3 is 11.9 Å². The monoisotopic (exact) mass is 392 g/mol. The van der Waals surface area contributed by atoms with E-state index in [0.29, 0.717) is 38.0 Å². The lowest BCUT2D eigenvalue weighted by Crippen LogP contribution is -2.13. The highest BCUT2D eigenvalue weighted by Crippen LogP contribution is 2.38. The van der Waals surface area contributed by atoms with Crippen LogP contribution in [0.15, 0.2) is 18.2 Å². The minimum absolute atomic E-state index is 0.202. The van der Waals surface area contributed by atoms with Crippen LogP contribution < -0.4 is 14.2 Å². The van der Waals surface area contributed by atoms with Gasteiger partial charge in [-0.3, -0.25) is 9.59 Å². The molecular weight excluding hydrogens is 356 g/mol. The van der Waals surface area contributed by atoms with Crippen molar-refractivity contribution in [3.63, 3.8) is 0 Å². The third kappa shape index (κ3) is 9.77. The Hall–Kier alpha value is -2.04. The number of rotatable bonds is 15. The molecule has 0 aliphatic carbocycles. The number of para-hydroxylation sites is 1. The van der Waals surface area contributed by atoms with Crippen LogP contribution in [0.25, 0.3) is 0 Å². The fraction of sp³-hybridized carbons (Fsp3) is 0.652. The molecule has 28 heavy (non-hydrogen) atoms. The number of benzene rings is 1. The van der Waals surface area contributed by atoms with Crippen molar-refractivity contribution < 1.29 is 23.8 Å². The largest absolute Gasteiger partial charge is 0.490 e. The van der Waals surface area contributed by atoms with Crippen LogP contribution in [0, 0.1) is 0 Å². The maximum absolute atomic E-state index is 12.0. The fourth-order valence-corrected chi connectivity index (χ4v) is 2.78. The molecule has 0 N–H and O–H groups in total. The van der Waals surface area contributed by atoms with E-state index in [1.54, 1.807) is 18.2 Å². The Balaban J connectivity index is 2.68. The zero-order chi connectivity index (χ0) is 20.6. The maximum Gasteiger partial charge on any atom is 0.311 e. The van der Waals surface area contributed by atoms with Crippen molar-refractivity contribution in [3.8, 4) is 17.2 Å². The van der Waals surface area contributed by atoms with Gasteiger partial charge in [-0.15, -0.1) is 0 Å². The van der Waals surface area contributed by atoms with Crippen LogP contribution in [-0.4, -0.2) is 18.5 Å². The molecule has 5 nitrogen and oxygen atoms in total. The molecule has 0 aliphatic rings. The Kier molecular flexibility index (Phi) is 12.8. The predicted octanol–water partition coefficient (Wildman–Crippen LogP) is 6.23. The summed E-state index contributed by atoms with van der Waals surface area (Å²) in [4.78, 5) is 23.9. The Bertz CT molecular complexity index is 582. The average Bonchev–Trinajstić information content (AvgIpc) is 2.66. The summed E-state index contributed by atoms with van der Waals surface area (Å²) in [6.45, 7) is 6.57. The van der Waals surface area contributed by atoms with Crippen molar-refractivity contribution in [2.75, 3.05) is 6.61 Å². The van der Waals surface area contributed by atoms with Crippen LogP contribution in [0.5, 0.6) is 17.2 Å². The smallest absolute Gasteiger partial charge is 0.311 e. The summed E-state index contributed by atoms with van der Waals surface area (Å²) in [5, 5.41) is 0. The molecule has 158 valence electrons. The first kappa shape index (κ1) is 24.0. The molecule has 1 aromatic carbocycles. The van der Waals surface area contributed by atoms with E-state index in [2.05, 4.69) is 6.92 Å². The average molecular weight is 393 g/mol. The van der Waals surface area contributed by atoms with Gasteiger partial charge in [-0.05, 0) is 31.4 Å². The molecule has 0 amide bonds.